The SMILES string of the molecule is COC1(c2cc(F)cc(OCC#Cc3cccnc3)c2)CCOCC1. The minimum Gasteiger partial charge on any atom is -0.481 e. The van der Waals surface area contributed by atoms with Crippen LogP contribution in [0.15, 0.2) is 42.7 Å². The van der Waals surface area contributed by atoms with Crippen LogP contribution in [0.25, 0.3) is 0 Å². The smallest absolute Gasteiger partial charge is 0.149 e. The fraction of sp³-hybridized carbons (Fsp3) is 0.350. The van der Waals surface area contributed by atoms with Crippen LogP contribution in [-0.4, -0.2) is 31.9 Å². The topological polar surface area (TPSA) is 40.6 Å². The second kappa shape index (κ2) is 8.11. The van der Waals surface area contributed by atoms with E-state index in [0.717, 1.165) is 11.1 Å². The highest BCUT2D eigenvalue weighted by Crippen LogP contribution is 2.37. The number of hydrogen-bond acceptors (Lipinski definition) is 4. The van der Waals surface area contributed by atoms with Gasteiger partial charge in [-0.05, 0) is 29.8 Å². The first kappa shape index (κ1) is 17.4. The van der Waals surface area contributed by atoms with Gasteiger partial charge in [0.25, 0.3) is 0 Å². The van der Waals surface area contributed by atoms with Crippen LogP contribution in [0.3, 0.4) is 0 Å². The number of hydrogen-bond donors (Lipinski definition) is 0. The second-order valence-electron chi connectivity index (χ2n) is 5.82. The molecule has 0 radical (unpaired) electrons. The summed E-state index contributed by atoms with van der Waals surface area (Å²) in [5.41, 5.74) is 1.06. The standard InChI is InChI=1S/C20H20FNO3/c1-23-20(6-10-24-11-7-20)17-12-18(21)14-19(13-17)25-9-3-5-16-4-2-8-22-15-16/h2,4,8,12-15H,6-7,9-11H2,1H3. The first-order chi connectivity index (χ1) is 12.2. The highest BCUT2D eigenvalue weighted by molar-refractivity contribution is 5.35. The van der Waals surface area contributed by atoms with E-state index in [1.54, 1.807) is 19.5 Å². The molecule has 0 aliphatic carbocycles. The molecule has 0 bridgehead atoms. The molecule has 130 valence electrons. The molecule has 1 aromatic heterocycles. The van der Waals surface area contributed by atoms with Crippen LogP contribution >= 0.6 is 0 Å². The summed E-state index contributed by atoms with van der Waals surface area (Å²) in [6.07, 6.45) is 4.75. The molecular weight excluding hydrogens is 321 g/mol. The lowest BCUT2D eigenvalue weighted by Gasteiger charge is -2.36. The van der Waals surface area contributed by atoms with Gasteiger partial charge in [-0.25, -0.2) is 4.39 Å². The Morgan fingerprint density at radius 1 is 1.28 bits per heavy atom. The molecule has 0 unspecified atom stereocenters. The fourth-order valence-corrected chi connectivity index (χ4v) is 2.92. The summed E-state index contributed by atoms with van der Waals surface area (Å²) in [6, 6.07) is 8.38. The van der Waals surface area contributed by atoms with Crippen molar-refractivity contribution in [3.05, 3.63) is 59.7 Å². The molecule has 0 saturated carbocycles. The highest BCUT2D eigenvalue weighted by atomic mass is 19.1. The van der Waals surface area contributed by atoms with E-state index in [4.69, 9.17) is 14.2 Å². The molecule has 25 heavy (non-hydrogen) atoms. The van der Waals surface area contributed by atoms with Crippen LogP contribution in [0.5, 0.6) is 5.75 Å². The Balaban J connectivity index is 1.72. The van der Waals surface area contributed by atoms with Gasteiger partial charge in [0.2, 0.25) is 0 Å². The van der Waals surface area contributed by atoms with E-state index in [0.29, 0.717) is 31.8 Å². The minimum atomic E-state index is -0.528. The van der Waals surface area contributed by atoms with E-state index in [-0.39, 0.29) is 12.4 Å². The number of rotatable bonds is 4. The zero-order valence-electron chi connectivity index (χ0n) is 14.1. The monoisotopic (exact) mass is 341 g/mol. The third kappa shape index (κ3) is 4.36. The Hall–Kier alpha value is -2.42. The molecule has 0 N–H and O–H groups in total. The maximum absolute atomic E-state index is 14.1. The van der Waals surface area contributed by atoms with E-state index >= 15 is 0 Å². The molecule has 0 amide bonds. The van der Waals surface area contributed by atoms with Gasteiger partial charge in [0.05, 0.1) is 5.60 Å². The van der Waals surface area contributed by atoms with E-state index in [9.17, 15) is 4.39 Å². The lowest BCUT2D eigenvalue weighted by atomic mass is 9.86. The van der Waals surface area contributed by atoms with Crippen LogP contribution in [0.2, 0.25) is 0 Å². The van der Waals surface area contributed by atoms with Gasteiger partial charge in [0.1, 0.15) is 18.2 Å². The Labute approximate surface area is 146 Å². The summed E-state index contributed by atoms with van der Waals surface area (Å²) >= 11 is 0. The molecule has 1 aromatic carbocycles. The van der Waals surface area contributed by atoms with Gasteiger partial charge in [-0.1, -0.05) is 11.8 Å². The molecule has 1 saturated heterocycles. The van der Waals surface area contributed by atoms with E-state index < -0.39 is 5.60 Å². The minimum absolute atomic E-state index is 0.168. The Morgan fingerprint density at radius 3 is 2.84 bits per heavy atom. The lowest BCUT2D eigenvalue weighted by Crippen LogP contribution is -2.35. The quantitative estimate of drug-likeness (QED) is 0.800. The number of aromatic nitrogens is 1. The maximum atomic E-state index is 14.1. The third-order valence-electron chi connectivity index (χ3n) is 4.29. The Bertz CT molecular complexity index is 762. The van der Waals surface area contributed by atoms with Crippen molar-refractivity contribution in [3.63, 3.8) is 0 Å². The van der Waals surface area contributed by atoms with Crippen molar-refractivity contribution in [1.82, 2.24) is 4.98 Å². The average molecular weight is 341 g/mol. The second-order valence-corrected chi connectivity index (χ2v) is 5.82. The number of ether oxygens (including phenoxy) is 3. The summed E-state index contributed by atoms with van der Waals surface area (Å²) < 4.78 is 30.8. The number of methoxy groups -OCH3 is 1. The van der Waals surface area contributed by atoms with Crippen molar-refractivity contribution in [2.45, 2.75) is 18.4 Å². The molecule has 0 atom stereocenters. The zero-order valence-corrected chi connectivity index (χ0v) is 14.1. The average Bonchev–Trinajstić information content (AvgIpc) is 2.66. The molecular formula is C20H20FNO3. The van der Waals surface area contributed by atoms with Crippen molar-refractivity contribution in [1.29, 1.82) is 0 Å². The number of pyridine rings is 1. The van der Waals surface area contributed by atoms with Crippen molar-refractivity contribution in [2.75, 3.05) is 26.9 Å². The van der Waals surface area contributed by atoms with Crippen LogP contribution < -0.4 is 4.74 Å². The van der Waals surface area contributed by atoms with Crippen LogP contribution in [0, 0.1) is 17.7 Å². The van der Waals surface area contributed by atoms with Gasteiger partial charge in [0, 0.05) is 57.2 Å². The molecule has 1 aliphatic rings. The van der Waals surface area contributed by atoms with Gasteiger partial charge in [-0.2, -0.15) is 0 Å². The Morgan fingerprint density at radius 2 is 2.12 bits per heavy atom. The molecule has 2 aromatic rings. The first-order valence-electron chi connectivity index (χ1n) is 8.17. The third-order valence-corrected chi connectivity index (χ3v) is 4.29. The van der Waals surface area contributed by atoms with Crippen LogP contribution in [0.1, 0.15) is 24.0 Å². The number of halogens is 1. The van der Waals surface area contributed by atoms with Gasteiger partial charge in [-0.15, -0.1) is 0 Å². The summed E-state index contributed by atoms with van der Waals surface area (Å²) in [7, 11) is 1.65. The van der Waals surface area contributed by atoms with Gasteiger partial charge in [0.15, 0.2) is 0 Å². The van der Waals surface area contributed by atoms with Crippen LogP contribution in [0.4, 0.5) is 4.39 Å². The first-order valence-corrected chi connectivity index (χ1v) is 8.17. The lowest BCUT2D eigenvalue weighted by molar-refractivity contribution is -0.0950. The fourth-order valence-electron chi connectivity index (χ4n) is 2.92. The van der Waals surface area contributed by atoms with Gasteiger partial charge >= 0.3 is 0 Å². The van der Waals surface area contributed by atoms with Crippen molar-refractivity contribution in [2.24, 2.45) is 0 Å². The van der Waals surface area contributed by atoms with Gasteiger partial charge < -0.3 is 14.2 Å². The van der Waals surface area contributed by atoms with Crippen LogP contribution in [-0.2, 0) is 15.1 Å². The van der Waals surface area contributed by atoms with Crippen molar-refractivity contribution >= 4 is 0 Å². The number of nitrogens with zero attached hydrogens (tertiary/aromatic N) is 1. The number of benzene rings is 1. The molecule has 4 nitrogen and oxygen atoms in total. The van der Waals surface area contributed by atoms with Gasteiger partial charge in [-0.3, -0.25) is 4.98 Å². The molecule has 5 heteroatoms. The summed E-state index contributed by atoms with van der Waals surface area (Å²) in [5, 5.41) is 0. The predicted molar refractivity (Wildman–Crippen MR) is 91.8 cm³/mol. The van der Waals surface area contributed by atoms with Crippen molar-refractivity contribution in [3.8, 4) is 17.6 Å². The highest BCUT2D eigenvalue weighted by Gasteiger charge is 2.35. The molecule has 3 rings (SSSR count). The van der Waals surface area contributed by atoms with E-state index in [2.05, 4.69) is 16.8 Å². The summed E-state index contributed by atoms with van der Waals surface area (Å²) in [4.78, 5) is 4.00. The van der Waals surface area contributed by atoms with E-state index in [1.807, 2.05) is 18.2 Å². The summed E-state index contributed by atoms with van der Waals surface area (Å²) in [5.74, 6) is 5.95. The zero-order chi connectivity index (χ0) is 17.5. The molecule has 1 fully saturated rings. The van der Waals surface area contributed by atoms with E-state index in [1.165, 1.54) is 12.1 Å². The molecule has 1 aliphatic heterocycles. The maximum Gasteiger partial charge on any atom is 0.149 e. The largest absolute Gasteiger partial charge is 0.481 e. The van der Waals surface area contributed by atoms with Crippen molar-refractivity contribution < 1.29 is 18.6 Å². The summed E-state index contributed by atoms with van der Waals surface area (Å²) in [6.45, 7) is 1.36. The molecule has 2 heterocycles. The Kier molecular flexibility index (Phi) is 5.64. The molecule has 0 spiro atoms. The normalized spacial score (nSPS) is 15.9. The predicted octanol–water partition coefficient (Wildman–Crippen LogP) is 3.30.